The zero-order chi connectivity index (χ0) is 21.1. The summed E-state index contributed by atoms with van der Waals surface area (Å²) in [5.74, 6) is 1.62. The Morgan fingerprint density at radius 2 is 1.77 bits per heavy atom. The van der Waals surface area contributed by atoms with Gasteiger partial charge in [0, 0.05) is 18.3 Å². The lowest BCUT2D eigenvalue weighted by atomic mass is 10.1. The quantitative estimate of drug-likeness (QED) is 0.438. The second kappa shape index (κ2) is 8.28. The van der Waals surface area contributed by atoms with Gasteiger partial charge in [0.05, 0.1) is 19.3 Å². The van der Waals surface area contributed by atoms with Crippen molar-refractivity contribution in [1.82, 2.24) is 19.6 Å². The van der Waals surface area contributed by atoms with Gasteiger partial charge in [-0.2, -0.15) is 9.50 Å². The van der Waals surface area contributed by atoms with Crippen molar-refractivity contribution in [3.63, 3.8) is 0 Å². The minimum Gasteiger partial charge on any atom is -0.497 e. The number of nitrogens with zero attached hydrogens (tertiary/aromatic N) is 3. The number of H-pyrrole nitrogens is 1. The fourth-order valence-corrected chi connectivity index (χ4v) is 3.07. The number of aromatic nitrogens is 4. The number of nitrogens with one attached hydrogen (secondary N) is 3. The van der Waals surface area contributed by atoms with Crippen LogP contribution in [-0.2, 0) is 13.1 Å². The normalized spacial score (nSPS) is 10.9. The molecule has 8 heteroatoms. The molecule has 0 atom stereocenters. The molecule has 0 aliphatic heterocycles. The fraction of sp³-hybridized carbons (Fsp3) is 0.227. The van der Waals surface area contributed by atoms with E-state index in [2.05, 4.69) is 51.7 Å². The lowest BCUT2D eigenvalue weighted by Gasteiger charge is -2.08. The van der Waals surface area contributed by atoms with E-state index in [4.69, 9.17) is 4.74 Å². The first-order valence-corrected chi connectivity index (χ1v) is 9.68. The van der Waals surface area contributed by atoms with E-state index in [9.17, 15) is 4.79 Å². The van der Waals surface area contributed by atoms with E-state index in [-0.39, 0.29) is 5.56 Å². The van der Waals surface area contributed by atoms with Gasteiger partial charge in [-0.05, 0) is 54.8 Å². The predicted molar refractivity (Wildman–Crippen MR) is 117 cm³/mol. The minimum absolute atomic E-state index is 0.207. The van der Waals surface area contributed by atoms with Crippen LogP contribution in [0.3, 0.4) is 0 Å². The molecular weight excluding hydrogens is 380 g/mol. The van der Waals surface area contributed by atoms with Gasteiger partial charge in [0.1, 0.15) is 5.75 Å². The number of rotatable bonds is 7. The maximum absolute atomic E-state index is 12.5. The van der Waals surface area contributed by atoms with Gasteiger partial charge in [-0.1, -0.05) is 18.2 Å². The minimum atomic E-state index is -0.207. The van der Waals surface area contributed by atoms with E-state index in [1.165, 1.54) is 21.7 Å². The van der Waals surface area contributed by atoms with E-state index < -0.39 is 0 Å². The molecule has 0 bridgehead atoms. The van der Waals surface area contributed by atoms with Gasteiger partial charge in [-0.3, -0.25) is 9.89 Å². The Balaban J connectivity index is 1.46. The number of hydrogen-bond acceptors (Lipinski definition) is 6. The van der Waals surface area contributed by atoms with Crippen molar-refractivity contribution in [1.29, 1.82) is 0 Å². The number of anilines is 2. The maximum atomic E-state index is 12.5. The van der Waals surface area contributed by atoms with Crippen LogP contribution in [0.2, 0.25) is 0 Å². The summed E-state index contributed by atoms with van der Waals surface area (Å²) in [6.45, 7) is 5.14. The van der Waals surface area contributed by atoms with E-state index in [1.54, 1.807) is 7.11 Å². The van der Waals surface area contributed by atoms with E-state index in [0.29, 0.717) is 30.5 Å². The number of hydrogen-bond donors (Lipinski definition) is 3. The molecule has 0 aliphatic carbocycles. The molecule has 2 heterocycles. The Morgan fingerprint density at radius 1 is 0.967 bits per heavy atom. The SMILES string of the molecule is COc1ccc(CNc2nc3nc(CNc4ccc(C)c(C)c4)cc(=O)n3[nH]2)cc1. The van der Waals surface area contributed by atoms with Crippen LogP contribution < -0.4 is 20.9 Å². The van der Waals surface area contributed by atoms with Gasteiger partial charge in [0.25, 0.3) is 11.3 Å². The van der Waals surface area contributed by atoms with Crippen LogP contribution in [0, 0.1) is 13.8 Å². The molecule has 2 aromatic carbocycles. The van der Waals surface area contributed by atoms with Crippen molar-refractivity contribution in [2.45, 2.75) is 26.9 Å². The standard InChI is InChI=1S/C22H24N6O2/c1-14-4-7-17(10-15(14)2)23-13-18-11-20(29)28-22(25-18)26-21(27-28)24-12-16-5-8-19(30-3)9-6-16/h4-11,23H,12-13H2,1-3H3,(H2,24,25,26,27). The Morgan fingerprint density at radius 3 is 2.50 bits per heavy atom. The molecule has 0 radical (unpaired) electrons. The molecule has 2 aromatic heterocycles. The molecule has 0 aliphatic rings. The second-order valence-corrected chi connectivity index (χ2v) is 7.15. The highest BCUT2D eigenvalue weighted by Gasteiger charge is 2.08. The zero-order valence-corrected chi connectivity index (χ0v) is 17.2. The van der Waals surface area contributed by atoms with Crippen molar-refractivity contribution in [3.8, 4) is 5.75 Å². The van der Waals surface area contributed by atoms with Crippen molar-refractivity contribution >= 4 is 17.4 Å². The summed E-state index contributed by atoms with van der Waals surface area (Å²) in [5.41, 5.74) is 4.93. The molecule has 4 aromatic rings. The largest absolute Gasteiger partial charge is 0.497 e. The van der Waals surface area contributed by atoms with Crippen molar-refractivity contribution in [2.75, 3.05) is 17.7 Å². The summed E-state index contributed by atoms with van der Waals surface area (Å²) >= 11 is 0. The highest BCUT2D eigenvalue weighted by molar-refractivity contribution is 5.48. The summed E-state index contributed by atoms with van der Waals surface area (Å²) in [5, 5.41) is 9.44. The molecule has 0 unspecified atom stereocenters. The molecule has 0 amide bonds. The molecule has 0 fully saturated rings. The number of ether oxygens (including phenoxy) is 1. The van der Waals surface area contributed by atoms with Crippen molar-refractivity contribution in [3.05, 3.63) is 81.3 Å². The first-order valence-electron chi connectivity index (χ1n) is 9.68. The van der Waals surface area contributed by atoms with Gasteiger partial charge in [-0.15, -0.1) is 0 Å². The van der Waals surface area contributed by atoms with Gasteiger partial charge in [0.2, 0.25) is 5.95 Å². The topological polar surface area (TPSA) is 96.3 Å². The Bertz CT molecular complexity index is 1230. The third-order valence-electron chi connectivity index (χ3n) is 4.98. The summed E-state index contributed by atoms with van der Waals surface area (Å²) in [6.07, 6.45) is 0. The van der Waals surface area contributed by atoms with Gasteiger partial charge >= 0.3 is 0 Å². The van der Waals surface area contributed by atoms with Gasteiger partial charge < -0.3 is 15.4 Å². The zero-order valence-electron chi connectivity index (χ0n) is 17.2. The Hall–Kier alpha value is -3.81. The number of aromatic amines is 1. The molecule has 8 nitrogen and oxygen atoms in total. The summed E-state index contributed by atoms with van der Waals surface area (Å²) in [7, 11) is 1.64. The molecule has 0 saturated heterocycles. The molecule has 0 spiro atoms. The van der Waals surface area contributed by atoms with E-state index >= 15 is 0 Å². The molecular formula is C22H24N6O2. The maximum Gasteiger partial charge on any atom is 0.274 e. The smallest absolute Gasteiger partial charge is 0.274 e. The van der Waals surface area contributed by atoms with Crippen LogP contribution >= 0.6 is 0 Å². The summed E-state index contributed by atoms with van der Waals surface area (Å²) < 4.78 is 6.49. The van der Waals surface area contributed by atoms with Crippen LogP contribution in [0.15, 0.2) is 53.3 Å². The second-order valence-electron chi connectivity index (χ2n) is 7.15. The molecule has 4 rings (SSSR count). The van der Waals surface area contributed by atoms with Crippen LogP contribution in [0.5, 0.6) is 5.75 Å². The van der Waals surface area contributed by atoms with Crippen LogP contribution in [0.1, 0.15) is 22.4 Å². The number of fused-ring (bicyclic) bond motifs is 1. The third kappa shape index (κ3) is 4.27. The van der Waals surface area contributed by atoms with Crippen LogP contribution in [0.25, 0.3) is 5.78 Å². The third-order valence-corrected chi connectivity index (χ3v) is 4.98. The van der Waals surface area contributed by atoms with Crippen LogP contribution in [-0.4, -0.2) is 26.7 Å². The fourth-order valence-electron chi connectivity index (χ4n) is 3.07. The lowest BCUT2D eigenvalue weighted by Crippen LogP contribution is -2.17. The first-order chi connectivity index (χ1) is 14.5. The van der Waals surface area contributed by atoms with Crippen molar-refractivity contribution in [2.24, 2.45) is 0 Å². The number of aryl methyl sites for hydroxylation is 2. The van der Waals surface area contributed by atoms with Crippen LogP contribution in [0.4, 0.5) is 11.6 Å². The average Bonchev–Trinajstić information content (AvgIpc) is 3.17. The monoisotopic (exact) mass is 404 g/mol. The summed E-state index contributed by atoms with van der Waals surface area (Å²) in [6, 6.07) is 15.4. The Labute approximate surface area is 173 Å². The lowest BCUT2D eigenvalue weighted by molar-refractivity contribution is 0.414. The molecule has 3 N–H and O–H groups in total. The highest BCUT2D eigenvalue weighted by Crippen LogP contribution is 2.15. The van der Waals surface area contributed by atoms with Gasteiger partial charge in [-0.25, -0.2) is 4.98 Å². The molecule has 30 heavy (non-hydrogen) atoms. The molecule has 0 saturated carbocycles. The van der Waals surface area contributed by atoms with Crippen molar-refractivity contribution < 1.29 is 4.74 Å². The molecule has 154 valence electrons. The van der Waals surface area contributed by atoms with E-state index in [1.807, 2.05) is 30.3 Å². The first kappa shape index (κ1) is 19.5. The van der Waals surface area contributed by atoms with Gasteiger partial charge in [0.15, 0.2) is 0 Å². The Kier molecular flexibility index (Phi) is 5.38. The van der Waals surface area contributed by atoms with E-state index in [0.717, 1.165) is 17.0 Å². The highest BCUT2D eigenvalue weighted by atomic mass is 16.5. The average molecular weight is 404 g/mol. The summed E-state index contributed by atoms with van der Waals surface area (Å²) in [4.78, 5) is 21.3. The number of methoxy groups -OCH3 is 1. The predicted octanol–water partition coefficient (Wildman–Crippen LogP) is 3.27. The number of benzene rings is 2.